The number of rotatable bonds is 2. The van der Waals surface area contributed by atoms with Crippen LogP contribution in [0.25, 0.3) is 0 Å². The third-order valence-electron chi connectivity index (χ3n) is 2.55. The Hall–Kier alpha value is -0.970. The molecule has 0 spiro atoms. The largest absolute Gasteiger partial charge is 0.479 e. The molecule has 1 N–H and O–H groups in total. The maximum absolute atomic E-state index is 11.3. The molecule has 76 valence electrons. The maximum atomic E-state index is 11.3. The molecule has 0 bridgehead atoms. The number of nitrogens with zero attached hydrogens (tertiary/aromatic N) is 2. The van der Waals surface area contributed by atoms with Crippen LogP contribution in [0.4, 0.5) is 0 Å². The van der Waals surface area contributed by atoms with Crippen LogP contribution in [0.2, 0.25) is 0 Å². The number of carboxylic acids is 1. The molecule has 1 unspecified atom stereocenters. The molecule has 1 aromatic heterocycles. The van der Waals surface area contributed by atoms with Crippen molar-refractivity contribution in [1.82, 2.24) is 9.78 Å². The summed E-state index contributed by atoms with van der Waals surface area (Å²) in [5, 5.41) is 13.4. The molecule has 1 atom stereocenters. The van der Waals surface area contributed by atoms with Crippen molar-refractivity contribution in [1.29, 1.82) is 0 Å². The quantitative estimate of drug-likeness (QED) is 0.797. The summed E-state index contributed by atoms with van der Waals surface area (Å²) in [6, 6.07) is 0. The molecule has 1 aliphatic heterocycles. The summed E-state index contributed by atoms with van der Waals surface area (Å²) in [6.45, 7) is 1.92. The smallest absolute Gasteiger partial charge is 0.332 e. The van der Waals surface area contributed by atoms with Crippen molar-refractivity contribution in [2.45, 2.75) is 18.9 Å². The summed E-state index contributed by atoms with van der Waals surface area (Å²) >= 11 is 1.67. The Labute approximate surface area is 86.3 Å². The van der Waals surface area contributed by atoms with Gasteiger partial charge >= 0.3 is 5.97 Å². The number of hydrogen-bond acceptors (Lipinski definition) is 3. The fourth-order valence-corrected chi connectivity index (χ4v) is 3.01. The van der Waals surface area contributed by atoms with Gasteiger partial charge in [-0.2, -0.15) is 16.9 Å². The van der Waals surface area contributed by atoms with E-state index < -0.39 is 11.5 Å². The Morgan fingerprint density at radius 2 is 2.57 bits per heavy atom. The Morgan fingerprint density at radius 3 is 3.00 bits per heavy atom. The van der Waals surface area contributed by atoms with Gasteiger partial charge in [-0.15, -0.1) is 0 Å². The summed E-state index contributed by atoms with van der Waals surface area (Å²) in [6.07, 6.45) is 4.17. The van der Waals surface area contributed by atoms with Crippen molar-refractivity contribution in [3.05, 3.63) is 18.0 Å². The number of aromatic nitrogens is 2. The molecule has 2 heterocycles. The highest BCUT2D eigenvalue weighted by molar-refractivity contribution is 7.99. The number of hydrogen-bond donors (Lipinski definition) is 1. The van der Waals surface area contributed by atoms with Crippen LogP contribution in [0.1, 0.15) is 12.0 Å². The minimum Gasteiger partial charge on any atom is -0.479 e. The summed E-state index contributed by atoms with van der Waals surface area (Å²) < 4.78 is 1.60. The molecule has 4 nitrogen and oxygen atoms in total. The highest BCUT2D eigenvalue weighted by Gasteiger charge is 2.44. The zero-order chi connectivity index (χ0) is 10.2. The minimum absolute atomic E-state index is 0.615. The monoisotopic (exact) mass is 212 g/mol. The van der Waals surface area contributed by atoms with Crippen LogP contribution < -0.4 is 0 Å². The van der Waals surface area contributed by atoms with Gasteiger partial charge in [0.15, 0.2) is 5.54 Å². The number of aryl methyl sites for hydroxylation is 1. The van der Waals surface area contributed by atoms with Gasteiger partial charge in [0.25, 0.3) is 0 Å². The van der Waals surface area contributed by atoms with E-state index in [-0.39, 0.29) is 0 Å². The number of thioether (sulfide) groups is 1. The summed E-state index contributed by atoms with van der Waals surface area (Å²) in [7, 11) is 0. The van der Waals surface area contributed by atoms with Gasteiger partial charge < -0.3 is 5.11 Å². The molecule has 2 rings (SSSR count). The van der Waals surface area contributed by atoms with Crippen molar-refractivity contribution in [2.75, 3.05) is 11.5 Å². The first-order valence-electron chi connectivity index (χ1n) is 4.48. The molecule has 1 aliphatic rings. The first kappa shape index (κ1) is 9.58. The van der Waals surface area contributed by atoms with E-state index in [9.17, 15) is 9.90 Å². The summed E-state index contributed by atoms with van der Waals surface area (Å²) in [5.74, 6) is 0.736. The van der Waals surface area contributed by atoms with Crippen LogP contribution >= 0.6 is 11.8 Å². The lowest BCUT2D eigenvalue weighted by Gasteiger charge is -2.23. The first-order valence-corrected chi connectivity index (χ1v) is 5.63. The Bertz CT molecular complexity index is 355. The highest BCUT2D eigenvalue weighted by Crippen LogP contribution is 2.34. The highest BCUT2D eigenvalue weighted by atomic mass is 32.2. The second-order valence-electron chi connectivity index (χ2n) is 3.60. The Kier molecular flexibility index (Phi) is 2.26. The predicted octanol–water partition coefficient (Wildman–Crippen LogP) is 1.11. The summed E-state index contributed by atoms with van der Waals surface area (Å²) in [4.78, 5) is 11.3. The molecule has 5 heteroatoms. The van der Waals surface area contributed by atoms with Gasteiger partial charge in [0.05, 0.1) is 6.20 Å². The first-order chi connectivity index (χ1) is 6.65. The maximum Gasteiger partial charge on any atom is 0.332 e. The lowest BCUT2D eigenvalue weighted by Crippen LogP contribution is -2.42. The lowest BCUT2D eigenvalue weighted by atomic mass is 10.00. The van der Waals surface area contributed by atoms with Crippen molar-refractivity contribution in [3.63, 3.8) is 0 Å². The molecule has 1 fully saturated rings. The van der Waals surface area contributed by atoms with Crippen LogP contribution in [-0.2, 0) is 10.3 Å². The molecular weight excluding hydrogens is 200 g/mol. The van der Waals surface area contributed by atoms with Crippen LogP contribution in [0.5, 0.6) is 0 Å². The van der Waals surface area contributed by atoms with Crippen LogP contribution in [0.3, 0.4) is 0 Å². The predicted molar refractivity (Wildman–Crippen MR) is 54.5 cm³/mol. The van der Waals surface area contributed by atoms with Crippen LogP contribution in [0.15, 0.2) is 12.4 Å². The van der Waals surface area contributed by atoms with Crippen molar-refractivity contribution in [3.8, 4) is 0 Å². The molecule has 0 saturated carbocycles. The Morgan fingerprint density at radius 1 is 1.79 bits per heavy atom. The molecule has 0 aliphatic carbocycles. The van der Waals surface area contributed by atoms with Crippen molar-refractivity contribution >= 4 is 17.7 Å². The normalized spacial score (nSPS) is 26.6. The average molecular weight is 212 g/mol. The van der Waals surface area contributed by atoms with Gasteiger partial charge in [0, 0.05) is 11.9 Å². The molecule has 1 saturated heterocycles. The molecule has 14 heavy (non-hydrogen) atoms. The van der Waals surface area contributed by atoms with Crippen molar-refractivity contribution in [2.24, 2.45) is 0 Å². The molecular formula is C9H12N2O2S. The third-order valence-corrected chi connectivity index (χ3v) is 3.72. The zero-order valence-corrected chi connectivity index (χ0v) is 8.75. The molecule has 0 aromatic carbocycles. The van der Waals surface area contributed by atoms with Gasteiger partial charge in [-0.3, -0.25) is 4.68 Å². The van der Waals surface area contributed by atoms with E-state index in [1.54, 1.807) is 28.8 Å². The van der Waals surface area contributed by atoms with Gasteiger partial charge in [0.1, 0.15) is 0 Å². The van der Waals surface area contributed by atoms with Gasteiger partial charge in [-0.05, 0) is 24.7 Å². The average Bonchev–Trinajstić information content (AvgIpc) is 2.71. The second kappa shape index (κ2) is 3.31. The van der Waals surface area contributed by atoms with Gasteiger partial charge in [-0.25, -0.2) is 4.79 Å². The number of carbonyl (C=O) groups is 1. The standard InChI is InChI=1S/C9H12N2O2S/c1-7-4-10-11(5-7)9(8(12)13)2-3-14-6-9/h4-5H,2-3,6H2,1H3,(H,12,13). The second-order valence-corrected chi connectivity index (χ2v) is 4.71. The van der Waals surface area contributed by atoms with Crippen LogP contribution in [0, 0.1) is 6.92 Å². The Balaban J connectivity index is 2.41. The number of carboxylic acid groups (broad SMARTS) is 1. The fraction of sp³-hybridized carbons (Fsp3) is 0.556. The van der Waals surface area contributed by atoms with E-state index in [1.807, 2.05) is 6.92 Å². The van der Waals surface area contributed by atoms with E-state index >= 15 is 0 Å². The van der Waals surface area contributed by atoms with E-state index in [4.69, 9.17) is 0 Å². The topological polar surface area (TPSA) is 55.1 Å². The lowest BCUT2D eigenvalue weighted by molar-refractivity contribution is -0.146. The molecule has 0 amide bonds. The summed E-state index contributed by atoms with van der Waals surface area (Å²) in [5.41, 5.74) is 0.196. The number of aliphatic carboxylic acids is 1. The minimum atomic E-state index is -0.807. The molecule has 1 aromatic rings. The van der Waals surface area contributed by atoms with E-state index in [0.29, 0.717) is 12.2 Å². The molecule has 0 radical (unpaired) electrons. The van der Waals surface area contributed by atoms with Gasteiger partial charge in [0.2, 0.25) is 0 Å². The van der Waals surface area contributed by atoms with E-state index in [1.165, 1.54) is 0 Å². The van der Waals surface area contributed by atoms with E-state index in [0.717, 1.165) is 11.3 Å². The van der Waals surface area contributed by atoms with Crippen molar-refractivity contribution < 1.29 is 9.90 Å². The zero-order valence-electron chi connectivity index (χ0n) is 7.93. The SMILES string of the molecule is Cc1cnn(C2(C(=O)O)CCSC2)c1. The van der Waals surface area contributed by atoms with Gasteiger partial charge in [-0.1, -0.05) is 0 Å². The third kappa shape index (κ3) is 1.32. The van der Waals surface area contributed by atoms with Crippen LogP contribution in [-0.4, -0.2) is 32.4 Å². The fourth-order valence-electron chi connectivity index (χ4n) is 1.65. The van der Waals surface area contributed by atoms with E-state index in [2.05, 4.69) is 5.10 Å².